The topological polar surface area (TPSA) is 99.8 Å². The van der Waals surface area contributed by atoms with Crippen LogP contribution in [-0.4, -0.2) is 62.2 Å². The molecule has 2 aromatic rings. The highest BCUT2D eigenvalue weighted by molar-refractivity contribution is 5.95. The lowest BCUT2D eigenvalue weighted by atomic mass is 9.71. The van der Waals surface area contributed by atoms with Gasteiger partial charge in [0.15, 0.2) is 5.65 Å². The van der Waals surface area contributed by atoms with E-state index >= 15 is 0 Å². The van der Waals surface area contributed by atoms with Gasteiger partial charge in [-0.25, -0.2) is 9.50 Å². The third-order valence-electron chi connectivity index (χ3n) is 5.13. The second kappa shape index (κ2) is 5.55. The maximum atomic E-state index is 12.9. The molecule has 2 aliphatic heterocycles. The number of nitrogens with one attached hydrogen (secondary N) is 1. The van der Waals surface area contributed by atoms with Gasteiger partial charge in [-0.3, -0.25) is 9.59 Å². The Morgan fingerprint density at radius 2 is 2.29 bits per heavy atom. The van der Waals surface area contributed by atoms with Crippen LogP contribution in [0.25, 0.3) is 5.65 Å². The number of hydrogen-bond donors (Lipinski definition) is 2. The van der Waals surface area contributed by atoms with Gasteiger partial charge in [-0.05, 0) is 31.4 Å². The summed E-state index contributed by atoms with van der Waals surface area (Å²) in [7, 11) is 0. The van der Waals surface area contributed by atoms with Crippen LogP contribution in [-0.2, 0) is 4.79 Å². The number of rotatable bonds is 1. The normalized spacial score (nSPS) is 27.5. The summed E-state index contributed by atoms with van der Waals surface area (Å²) in [4.78, 5) is 31.0. The molecule has 2 N–H and O–H groups in total. The van der Waals surface area contributed by atoms with Crippen molar-refractivity contribution in [3.63, 3.8) is 0 Å². The summed E-state index contributed by atoms with van der Waals surface area (Å²) in [6.45, 7) is 1.31. The van der Waals surface area contributed by atoms with Gasteiger partial charge >= 0.3 is 0 Å². The van der Waals surface area contributed by atoms with E-state index in [9.17, 15) is 14.7 Å². The number of hydrogen-bond acceptors (Lipinski definition) is 5. The smallest absolute Gasteiger partial charge is 0.255 e. The van der Waals surface area contributed by atoms with Crippen LogP contribution in [0, 0.1) is 5.41 Å². The van der Waals surface area contributed by atoms with Gasteiger partial charge in [0.05, 0.1) is 17.1 Å². The maximum Gasteiger partial charge on any atom is 0.255 e. The molecular weight excluding hydrogens is 310 g/mol. The van der Waals surface area contributed by atoms with Crippen LogP contribution in [0.5, 0.6) is 0 Å². The molecule has 2 amide bonds. The fourth-order valence-corrected chi connectivity index (χ4v) is 3.74. The van der Waals surface area contributed by atoms with Crippen molar-refractivity contribution < 1.29 is 14.7 Å². The van der Waals surface area contributed by atoms with E-state index in [4.69, 9.17) is 0 Å². The molecule has 0 aliphatic carbocycles. The Balaban J connectivity index is 1.61. The molecule has 0 radical (unpaired) electrons. The van der Waals surface area contributed by atoms with Gasteiger partial charge in [0, 0.05) is 25.8 Å². The molecule has 0 aromatic carbocycles. The first-order chi connectivity index (χ1) is 11.6. The number of pyridine rings is 1. The fourth-order valence-electron chi connectivity index (χ4n) is 3.74. The van der Waals surface area contributed by atoms with Gasteiger partial charge in [0.1, 0.15) is 6.33 Å². The molecule has 0 saturated carbocycles. The van der Waals surface area contributed by atoms with Gasteiger partial charge in [0.25, 0.3) is 5.91 Å². The minimum absolute atomic E-state index is 0.148. The summed E-state index contributed by atoms with van der Waals surface area (Å²) >= 11 is 0. The fraction of sp³-hybridized carbons (Fsp3) is 0.500. The zero-order valence-electron chi connectivity index (χ0n) is 13.2. The van der Waals surface area contributed by atoms with Gasteiger partial charge in [-0.2, -0.15) is 5.10 Å². The van der Waals surface area contributed by atoms with E-state index in [1.54, 1.807) is 27.7 Å². The van der Waals surface area contributed by atoms with Crippen molar-refractivity contribution in [1.82, 2.24) is 24.8 Å². The standard InChI is InChI=1S/C16H19N5O3/c22-12-4-7-20(9-16(12)5-1-6-17-15(16)24)14(23)11-2-3-13-18-10-19-21(13)8-11/h2-3,8,10,12,22H,1,4-7,9H2,(H,17,24)/t12-,16+/m0/s1. The van der Waals surface area contributed by atoms with Crippen LogP contribution < -0.4 is 5.32 Å². The average molecular weight is 329 g/mol. The largest absolute Gasteiger partial charge is 0.392 e. The number of aliphatic hydroxyl groups excluding tert-OH is 1. The molecule has 4 heterocycles. The van der Waals surface area contributed by atoms with Crippen LogP contribution in [0.1, 0.15) is 29.6 Å². The van der Waals surface area contributed by atoms with Crippen LogP contribution in [0.3, 0.4) is 0 Å². The molecule has 24 heavy (non-hydrogen) atoms. The van der Waals surface area contributed by atoms with Crippen molar-refractivity contribution in [2.75, 3.05) is 19.6 Å². The maximum absolute atomic E-state index is 12.9. The molecule has 8 nitrogen and oxygen atoms in total. The van der Waals surface area contributed by atoms with Gasteiger partial charge in [-0.15, -0.1) is 0 Å². The lowest BCUT2D eigenvalue weighted by Gasteiger charge is -2.46. The quantitative estimate of drug-likeness (QED) is 0.757. The zero-order valence-corrected chi connectivity index (χ0v) is 13.2. The predicted octanol–water partition coefficient (Wildman–Crippen LogP) is -0.167. The molecular formula is C16H19N5O3. The first kappa shape index (κ1) is 15.1. The van der Waals surface area contributed by atoms with E-state index in [2.05, 4.69) is 15.4 Å². The Labute approximate surface area is 138 Å². The van der Waals surface area contributed by atoms with E-state index in [0.29, 0.717) is 37.1 Å². The number of carbonyl (C=O) groups excluding carboxylic acids is 2. The lowest BCUT2D eigenvalue weighted by molar-refractivity contribution is -0.147. The number of likely N-dealkylation sites (tertiary alicyclic amines) is 1. The third-order valence-corrected chi connectivity index (χ3v) is 5.13. The van der Waals surface area contributed by atoms with Gasteiger partial charge < -0.3 is 15.3 Å². The van der Waals surface area contributed by atoms with E-state index in [1.165, 1.54) is 6.33 Å². The summed E-state index contributed by atoms with van der Waals surface area (Å²) in [5.74, 6) is -0.303. The van der Waals surface area contributed by atoms with Crippen LogP contribution in [0.15, 0.2) is 24.7 Å². The molecule has 0 unspecified atom stereocenters. The molecule has 0 bridgehead atoms. The van der Waals surface area contributed by atoms with E-state index in [0.717, 1.165) is 6.42 Å². The van der Waals surface area contributed by atoms with E-state index in [1.807, 2.05) is 0 Å². The summed E-state index contributed by atoms with van der Waals surface area (Å²) in [6, 6.07) is 3.45. The van der Waals surface area contributed by atoms with Crippen LogP contribution in [0.2, 0.25) is 0 Å². The third kappa shape index (κ3) is 2.25. The summed E-state index contributed by atoms with van der Waals surface area (Å²) in [5, 5.41) is 17.3. The van der Waals surface area contributed by atoms with Crippen molar-refractivity contribution in [3.05, 3.63) is 30.2 Å². The van der Waals surface area contributed by atoms with E-state index < -0.39 is 11.5 Å². The number of nitrogens with zero attached hydrogens (tertiary/aromatic N) is 4. The number of fused-ring (bicyclic) bond motifs is 1. The Kier molecular flexibility index (Phi) is 3.49. The Morgan fingerprint density at radius 1 is 1.42 bits per heavy atom. The highest BCUT2D eigenvalue weighted by Gasteiger charge is 2.50. The van der Waals surface area contributed by atoms with Crippen molar-refractivity contribution >= 4 is 17.5 Å². The molecule has 2 atom stereocenters. The Hall–Kier alpha value is -2.48. The molecule has 2 fully saturated rings. The molecule has 126 valence electrons. The first-order valence-electron chi connectivity index (χ1n) is 8.15. The SMILES string of the molecule is O=C(c1ccc2ncnn2c1)N1CC[C@H](O)[C@@]2(CCCNC2=O)C1. The van der Waals surface area contributed by atoms with Crippen LogP contribution in [0.4, 0.5) is 0 Å². The van der Waals surface area contributed by atoms with Crippen molar-refractivity contribution in [1.29, 1.82) is 0 Å². The minimum Gasteiger partial charge on any atom is -0.392 e. The molecule has 2 aliphatic rings. The molecule has 8 heteroatoms. The zero-order chi connectivity index (χ0) is 16.7. The Morgan fingerprint density at radius 3 is 3.12 bits per heavy atom. The van der Waals surface area contributed by atoms with Crippen LogP contribution >= 0.6 is 0 Å². The lowest BCUT2D eigenvalue weighted by Crippen LogP contribution is -2.62. The highest BCUT2D eigenvalue weighted by atomic mass is 16.3. The molecule has 1 spiro atoms. The number of carbonyl (C=O) groups is 2. The molecule has 2 aromatic heterocycles. The van der Waals surface area contributed by atoms with Crippen molar-refractivity contribution in [2.45, 2.75) is 25.4 Å². The predicted molar refractivity (Wildman–Crippen MR) is 84.2 cm³/mol. The summed E-state index contributed by atoms with van der Waals surface area (Å²) < 4.78 is 1.55. The summed E-state index contributed by atoms with van der Waals surface area (Å²) in [6.07, 6.45) is 4.19. The number of aliphatic hydroxyl groups is 1. The van der Waals surface area contributed by atoms with Crippen molar-refractivity contribution in [2.24, 2.45) is 5.41 Å². The van der Waals surface area contributed by atoms with Crippen molar-refractivity contribution in [3.8, 4) is 0 Å². The first-order valence-corrected chi connectivity index (χ1v) is 8.15. The van der Waals surface area contributed by atoms with E-state index in [-0.39, 0.29) is 18.4 Å². The second-order valence-electron chi connectivity index (χ2n) is 6.53. The Bertz CT molecular complexity index is 804. The monoisotopic (exact) mass is 329 g/mol. The van der Waals surface area contributed by atoms with Gasteiger partial charge in [0.2, 0.25) is 5.91 Å². The number of aromatic nitrogens is 3. The molecule has 2 saturated heterocycles. The highest BCUT2D eigenvalue weighted by Crippen LogP contribution is 2.37. The average Bonchev–Trinajstić information content (AvgIpc) is 3.06. The minimum atomic E-state index is -0.885. The second-order valence-corrected chi connectivity index (χ2v) is 6.53. The molecule has 4 rings (SSSR count). The van der Waals surface area contributed by atoms with Gasteiger partial charge in [-0.1, -0.05) is 0 Å². The number of amides is 2. The summed E-state index contributed by atoms with van der Waals surface area (Å²) in [5.41, 5.74) is 0.281. The number of piperidine rings is 2.